The fraction of sp³-hybridized carbons (Fsp3) is 0.333. The molecule has 0 aliphatic carbocycles. The van der Waals surface area contributed by atoms with E-state index < -0.39 is 28.6 Å². The van der Waals surface area contributed by atoms with Crippen LogP contribution in [-0.2, 0) is 15.7 Å². The number of methoxy groups -OCH3 is 1. The first-order valence-electron chi connectivity index (χ1n) is 5.40. The summed E-state index contributed by atoms with van der Waals surface area (Å²) in [5.74, 6) is -1.12. The largest absolute Gasteiger partial charge is 0.507 e. The van der Waals surface area contributed by atoms with Crippen LogP contribution in [0.4, 0.5) is 13.2 Å². The SMILES string of the molecule is COC(=O)CCSC(=O)c1ccc(C(F)(F)F)cc1O. The molecule has 0 saturated carbocycles. The summed E-state index contributed by atoms with van der Waals surface area (Å²) in [6, 6.07) is 2.12. The molecule has 1 aromatic rings. The molecule has 1 N–H and O–H groups in total. The quantitative estimate of drug-likeness (QED) is 0.867. The predicted molar refractivity (Wildman–Crippen MR) is 66.5 cm³/mol. The fourth-order valence-electron chi connectivity index (χ4n) is 1.29. The van der Waals surface area contributed by atoms with Crippen LogP contribution in [0.3, 0.4) is 0 Å². The van der Waals surface area contributed by atoms with Gasteiger partial charge in [0.15, 0.2) is 0 Å². The summed E-state index contributed by atoms with van der Waals surface area (Å²) in [6.45, 7) is 0. The van der Waals surface area contributed by atoms with Crippen molar-refractivity contribution in [2.45, 2.75) is 12.6 Å². The van der Waals surface area contributed by atoms with E-state index in [1.807, 2.05) is 0 Å². The third-order valence-electron chi connectivity index (χ3n) is 2.31. The van der Waals surface area contributed by atoms with E-state index in [0.717, 1.165) is 17.8 Å². The lowest BCUT2D eigenvalue weighted by atomic mass is 10.1. The van der Waals surface area contributed by atoms with E-state index in [9.17, 15) is 27.9 Å². The van der Waals surface area contributed by atoms with Gasteiger partial charge in [0.05, 0.1) is 24.7 Å². The van der Waals surface area contributed by atoms with E-state index in [-0.39, 0.29) is 17.7 Å². The number of phenols is 1. The van der Waals surface area contributed by atoms with Gasteiger partial charge in [-0.1, -0.05) is 11.8 Å². The maximum atomic E-state index is 12.4. The van der Waals surface area contributed by atoms with Crippen molar-refractivity contribution in [1.82, 2.24) is 0 Å². The normalized spacial score (nSPS) is 11.2. The number of phenolic OH excluding ortho intramolecular Hbond substituents is 1. The maximum Gasteiger partial charge on any atom is 0.416 e. The van der Waals surface area contributed by atoms with E-state index in [2.05, 4.69) is 4.74 Å². The van der Waals surface area contributed by atoms with Crippen LogP contribution in [0.25, 0.3) is 0 Å². The van der Waals surface area contributed by atoms with Crippen molar-refractivity contribution in [3.05, 3.63) is 29.3 Å². The predicted octanol–water partition coefficient (Wildman–Crippen LogP) is 2.85. The van der Waals surface area contributed by atoms with Crippen LogP contribution in [0, 0.1) is 0 Å². The number of hydrogen-bond acceptors (Lipinski definition) is 5. The minimum atomic E-state index is -4.59. The average molecular weight is 308 g/mol. The molecule has 0 heterocycles. The van der Waals surface area contributed by atoms with Gasteiger partial charge in [0, 0.05) is 5.75 Å². The second-order valence-corrected chi connectivity index (χ2v) is 4.76. The van der Waals surface area contributed by atoms with E-state index >= 15 is 0 Å². The average Bonchev–Trinajstić information content (AvgIpc) is 2.37. The molecule has 1 aromatic carbocycles. The molecule has 4 nitrogen and oxygen atoms in total. The van der Waals surface area contributed by atoms with Crippen LogP contribution in [0.1, 0.15) is 22.3 Å². The van der Waals surface area contributed by atoms with Crippen LogP contribution < -0.4 is 0 Å². The zero-order chi connectivity index (χ0) is 15.3. The lowest BCUT2D eigenvalue weighted by Crippen LogP contribution is -2.06. The Labute approximate surface area is 116 Å². The Kier molecular flexibility index (Phi) is 5.43. The van der Waals surface area contributed by atoms with Crippen LogP contribution in [0.5, 0.6) is 5.75 Å². The molecule has 0 spiro atoms. The molecule has 0 atom stereocenters. The number of hydrogen-bond donors (Lipinski definition) is 1. The van der Waals surface area contributed by atoms with Gasteiger partial charge in [0.25, 0.3) is 0 Å². The molecule has 0 amide bonds. The molecule has 0 saturated heterocycles. The third-order valence-corrected chi connectivity index (χ3v) is 3.20. The van der Waals surface area contributed by atoms with Gasteiger partial charge in [-0.05, 0) is 18.2 Å². The number of halogens is 3. The Bertz CT molecular complexity index is 514. The first-order valence-corrected chi connectivity index (χ1v) is 6.38. The zero-order valence-electron chi connectivity index (χ0n) is 10.4. The smallest absolute Gasteiger partial charge is 0.416 e. The number of alkyl halides is 3. The van der Waals surface area contributed by atoms with Crippen LogP contribution >= 0.6 is 11.8 Å². The number of ether oxygens (including phenoxy) is 1. The van der Waals surface area contributed by atoms with E-state index in [1.54, 1.807) is 0 Å². The van der Waals surface area contributed by atoms with Crippen LogP contribution in [0.2, 0.25) is 0 Å². The number of thioether (sulfide) groups is 1. The highest BCUT2D eigenvalue weighted by molar-refractivity contribution is 8.14. The van der Waals surface area contributed by atoms with Crippen molar-refractivity contribution in [3.63, 3.8) is 0 Å². The Morgan fingerprint density at radius 3 is 2.50 bits per heavy atom. The molecule has 0 bridgehead atoms. The molecular formula is C12H11F3O4S. The Morgan fingerprint density at radius 2 is 2.00 bits per heavy atom. The van der Waals surface area contributed by atoms with Gasteiger partial charge in [-0.25, -0.2) is 0 Å². The highest BCUT2D eigenvalue weighted by atomic mass is 32.2. The number of rotatable bonds is 4. The Morgan fingerprint density at radius 1 is 1.35 bits per heavy atom. The lowest BCUT2D eigenvalue weighted by Gasteiger charge is -2.09. The molecule has 0 unspecified atom stereocenters. The van der Waals surface area contributed by atoms with Gasteiger partial charge in [-0.2, -0.15) is 13.2 Å². The van der Waals surface area contributed by atoms with Gasteiger partial charge in [-0.15, -0.1) is 0 Å². The fourth-order valence-corrected chi connectivity index (χ4v) is 2.07. The number of carbonyl (C=O) groups is 2. The van der Waals surface area contributed by atoms with Crippen LogP contribution in [0.15, 0.2) is 18.2 Å². The minimum absolute atomic E-state index is 0.00565. The molecule has 110 valence electrons. The summed E-state index contributed by atoms with van der Waals surface area (Å²) in [5.41, 5.74) is -1.26. The monoisotopic (exact) mass is 308 g/mol. The van der Waals surface area contributed by atoms with E-state index in [4.69, 9.17) is 0 Å². The van der Waals surface area contributed by atoms with Crippen molar-refractivity contribution in [2.24, 2.45) is 0 Å². The van der Waals surface area contributed by atoms with Gasteiger partial charge in [0.2, 0.25) is 5.12 Å². The van der Waals surface area contributed by atoms with E-state index in [0.29, 0.717) is 12.1 Å². The molecule has 0 radical (unpaired) electrons. The molecule has 20 heavy (non-hydrogen) atoms. The Balaban J connectivity index is 2.72. The third kappa shape index (κ3) is 4.44. The van der Waals surface area contributed by atoms with Gasteiger partial charge in [-0.3, -0.25) is 9.59 Å². The van der Waals surface area contributed by atoms with Crippen molar-refractivity contribution in [1.29, 1.82) is 0 Å². The number of aromatic hydroxyl groups is 1. The number of carbonyl (C=O) groups excluding carboxylic acids is 2. The van der Waals surface area contributed by atoms with Gasteiger partial charge >= 0.3 is 12.1 Å². The molecular weight excluding hydrogens is 297 g/mol. The molecule has 0 aliphatic rings. The zero-order valence-corrected chi connectivity index (χ0v) is 11.2. The van der Waals surface area contributed by atoms with Crippen molar-refractivity contribution in [2.75, 3.05) is 12.9 Å². The highest BCUT2D eigenvalue weighted by Gasteiger charge is 2.31. The first kappa shape index (κ1) is 16.4. The maximum absolute atomic E-state index is 12.4. The first-order chi connectivity index (χ1) is 9.25. The molecule has 0 fully saturated rings. The second kappa shape index (κ2) is 6.65. The molecule has 0 aliphatic heterocycles. The molecule has 8 heteroatoms. The number of benzene rings is 1. The summed E-state index contributed by atoms with van der Waals surface area (Å²) in [5, 5.41) is 8.84. The standard InChI is InChI=1S/C12H11F3O4S/c1-19-10(17)4-5-20-11(18)8-3-2-7(6-9(8)16)12(13,14)15/h2-3,6,16H,4-5H2,1H3. The van der Waals surface area contributed by atoms with Gasteiger partial charge < -0.3 is 9.84 Å². The summed E-state index contributed by atoms with van der Waals surface area (Å²) in [7, 11) is 1.20. The minimum Gasteiger partial charge on any atom is -0.507 e. The van der Waals surface area contributed by atoms with E-state index in [1.165, 1.54) is 7.11 Å². The molecule has 0 aromatic heterocycles. The van der Waals surface area contributed by atoms with Crippen molar-refractivity contribution < 1.29 is 32.6 Å². The summed E-state index contributed by atoms with van der Waals surface area (Å²) in [4.78, 5) is 22.5. The topological polar surface area (TPSA) is 63.6 Å². The summed E-state index contributed by atoms with van der Waals surface area (Å²) >= 11 is 0.720. The molecule has 1 rings (SSSR count). The van der Waals surface area contributed by atoms with Crippen molar-refractivity contribution in [3.8, 4) is 5.75 Å². The highest BCUT2D eigenvalue weighted by Crippen LogP contribution is 2.33. The van der Waals surface area contributed by atoms with Gasteiger partial charge in [0.1, 0.15) is 5.75 Å². The number of esters is 1. The Hall–Kier alpha value is -1.70. The lowest BCUT2D eigenvalue weighted by molar-refractivity contribution is -0.140. The summed E-state index contributed by atoms with van der Waals surface area (Å²) < 4.78 is 41.5. The van der Waals surface area contributed by atoms with Crippen molar-refractivity contribution >= 4 is 22.8 Å². The second-order valence-electron chi connectivity index (χ2n) is 3.69. The van der Waals surface area contributed by atoms with Crippen LogP contribution in [-0.4, -0.2) is 29.1 Å². The summed E-state index contributed by atoms with van der Waals surface area (Å²) in [6.07, 6.45) is -4.59.